The topological polar surface area (TPSA) is 38.8 Å². The number of carbonyl (C=O) groups excluding carboxylic acids is 1. The van der Waals surface area contributed by atoms with Crippen LogP contribution in [0.25, 0.3) is 0 Å². The minimum absolute atomic E-state index is 0.392. The van der Waals surface area contributed by atoms with Crippen LogP contribution >= 0.6 is 0 Å². The predicted molar refractivity (Wildman–Crippen MR) is 52.4 cm³/mol. The van der Waals surface area contributed by atoms with E-state index in [1.807, 2.05) is 20.8 Å². The van der Waals surface area contributed by atoms with E-state index in [4.69, 9.17) is 9.47 Å². The fourth-order valence-electron chi connectivity index (χ4n) is 1.09. The molecule has 0 radical (unpaired) electrons. The van der Waals surface area contributed by atoms with Gasteiger partial charge in [-0.05, 0) is 34.6 Å². The van der Waals surface area contributed by atoms with Gasteiger partial charge in [-0.1, -0.05) is 0 Å². The van der Waals surface area contributed by atoms with E-state index in [0.717, 1.165) is 0 Å². The Morgan fingerprint density at radius 3 is 2.36 bits per heavy atom. The molecule has 0 saturated heterocycles. The lowest BCUT2D eigenvalue weighted by Gasteiger charge is -2.31. The summed E-state index contributed by atoms with van der Waals surface area (Å²) in [5, 5.41) is 0. The van der Waals surface area contributed by atoms with Crippen molar-refractivity contribution in [3.8, 4) is 0 Å². The van der Waals surface area contributed by atoms with E-state index in [1.54, 1.807) is 20.0 Å². The second kappa shape index (κ2) is 3.19. The highest BCUT2D eigenvalue weighted by Crippen LogP contribution is 2.25. The molecule has 1 heterocycles. The van der Waals surface area contributed by atoms with Crippen molar-refractivity contribution < 1.29 is 14.3 Å². The number of hydrogen-bond acceptors (Lipinski definition) is 3. The summed E-state index contributed by atoms with van der Waals surface area (Å²) in [5.41, 5.74) is -1.13. The van der Waals surface area contributed by atoms with Gasteiger partial charge in [0, 0.05) is 6.20 Å². The molecule has 4 heteroatoms. The van der Waals surface area contributed by atoms with Gasteiger partial charge in [-0.2, -0.15) is 0 Å². The highest BCUT2D eigenvalue weighted by molar-refractivity contribution is 5.70. The van der Waals surface area contributed by atoms with Crippen LogP contribution in [0.2, 0.25) is 0 Å². The minimum Gasteiger partial charge on any atom is -0.474 e. The Bertz CT molecular complexity index is 263. The lowest BCUT2D eigenvalue weighted by molar-refractivity contribution is -0.0457. The fraction of sp³-hybridized carbons (Fsp3) is 0.700. The molecular formula is C10H17NO3. The maximum atomic E-state index is 11.6. The predicted octanol–water partition coefficient (Wildman–Crippen LogP) is 2.46. The highest BCUT2D eigenvalue weighted by Gasteiger charge is 2.36. The quantitative estimate of drug-likeness (QED) is 0.601. The van der Waals surface area contributed by atoms with Crippen LogP contribution in [0.4, 0.5) is 4.79 Å². The van der Waals surface area contributed by atoms with Crippen molar-refractivity contribution in [2.45, 2.75) is 45.9 Å². The number of carbonyl (C=O) groups is 1. The van der Waals surface area contributed by atoms with Crippen molar-refractivity contribution in [3.05, 3.63) is 12.5 Å². The molecule has 0 aromatic heterocycles. The summed E-state index contributed by atoms with van der Waals surface area (Å²) >= 11 is 0. The van der Waals surface area contributed by atoms with Crippen molar-refractivity contribution in [1.29, 1.82) is 0 Å². The fourth-order valence-corrected chi connectivity index (χ4v) is 1.09. The van der Waals surface area contributed by atoms with Crippen LogP contribution in [0, 0.1) is 0 Å². The summed E-state index contributed by atoms with van der Waals surface area (Å²) in [6, 6.07) is 0. The molecule has 0 fully saturated rings. The van der Waals surface area contributed by atoms with Gasteiger partial charge in [-0.25, -0.2) is 9.69 Å². The van der Waals surface area contributed by atoms with E-state index in [-0.39, 0.29) is 0 Å². The monoisotopic (exact) mass is 199 g/mol. The van der Waals surface area contributed by atoms with Gasteiger partial charge in [0.15, 0.2) is 5.72 Å². The Morgan fingerprint density at radius 2 is 2.00 bits per heavy atom. The van der Waals surface area contributed by atoms with Crippen LogP contribution in [-0.2, 0) is 9.47 Å². The zero-order chi connectivity index (χ0) is 11.0. The smallest absolute Gasteiger partial charge is 0.417 e. The summed E-state index contributed by atoms with van der Waals surface area (Å²) in [7, 11) is 0. The molecule has 14 heavy (non-hydrogen) atoms. The maximum Gasteiger partial charge on any atom is 0.417 e. The SMILES string of the molecule is CC(C)(C)OC(=O)N1C=COC1(C)C. The first kappa shape index (κ1) is 10.9. The van der Waals surface area contributed by atoms with Crippen LogP contribution < -0.4 is 0 Å². The van der Waals surface area contributed by atoms with Crippen molar-refractivity contribution in [2.24, 2.45) is 0 Å². The van der Waals surface area contributed by atoms with E-state index >= 15 is 0 Å². The summed E-state index contributed by atoms with van der Waals surface area (Å²) < 4.78 is 10.4. The van der Waals surface area contributed by atoms with Gasteiger partial charge >= 0.3 is 6.09 Å². The number of nitrogens with zero attached hydrogens (tertiary/aromatic N) is 1. The Labute approximate surface area is 84.5 Å². The molecule has 0 N–H and O–H groups in total. The average Bonchev–Trinajstić information content (AvgIpc) is 2.25. The van der Waals surface area contributed by atoms with Gasteiger partial charge < -0.3 is 9.47 Å². The van der Waals surface area contributed by atoms with Gasteiger partial charge in [0.2, 0.25) is 0 Å². The molecule has 0 aliphatic carbocycles. The van der Waals surface area contributed by atoms with Crippen LogP contribution in [0.1, 0.15) is 34.6 Å². The zero-order valence-electron chi connectivity index (χ0n) is 9.33. The van der Waals surface area contributed by atoms with Crippen molar-refractivity contribution in [3.63, 3.8) is 0 Å². The first-order valence-electron chi connectivity index (χ1n) is 4.59. The molecule has 80 valence electrons. The molecule has 4 nitrogen and oxygen atoms in total. The normalized spacial score (nSPS) is 19.4. The lowest BCUT2D eigenvalue weighted by atomic mass is 10.2. The standard InChI is InChI=1S/C10H17NO3/c1-9(2,3)14-8(12)11-6-7-13-10(11,4)5/h6-7H,1-5H3. The number of ether oxygens (including phenoxy) is 2. The van der Waals surface area contributed by atoms with Crippen LogP contribution in [0.5, 0.6) is 0 Å². The minimum atomic E-state index is -0.650. The maximum absolute atomic E-state index is 11.6. The van der Waals surface area contributed by atoms with Gasteiger partial charge in [-0.15, -0.1) is 0 Å². The average molecular weight is 199 g/mol. The van der Waals surface area contributed by atoms with Crippen LogP contribution in [0.15, 0.2) is 12.5 Å². The summed E-state index contributed by atoms with van der Waals surface area (Å²) in [6.45, 7) is 9.10. The molecule has 0 spiro atoms. The van der Waals surface area contributed by atoms with Crippen molar-refractivity contribution in [2.75, 3.05) is 0 Å². The number of amides is 1. The molecule has 0 unspecified atom stereocenters. The van der Waals surface area contributed by atoms with Gasteiger partial charge in [-0.3, -0.25) is 0 Å². The number of rotatable bonds is 0. The molecule has 0 aromatic carbocycles. The molecule has 0 aromatic rings. The second-order valence-corrected chi connectivity index (χ2v) is 4.70. The first-order chi connectivity index (χ1) is 6.22. The van der Waals surface area contributed by atoms with E-state index in [1.165, 1.54) is 11.2 Å². The highest BCUT2D eigenvalue weighted by atomic mass is 16.6. The Morgan fingerprint density at radius 1 is 1.43 bits per heavy atom. The Hall–Kier alpha value is -1.19. The molecular weight excluding hydrogens is 182 g/mol. The third-order valence-corrected chi connectivity index (χ3v) is 1.74. The van der Waals surface area contributed by atoms with Gasteiger partial charge in [0.25, 0.3) is 0 Å². The zero-order valence-corrected chi connectivity index (χ0v) is 9.33. The summed E-state index contributed by atoms with van der Waals surface area (Å²) in [6.07, 6.45) is 2.68. The third kappa shape index (κ3) is 2.40. The Balaban J connectivity index is 2.66. The van der Waals surface area contributed by atoms with Crippen LogP contribution in [0.3, 0.4) is 0 Å². The largest absolute Gasteiger partial charge is 0.474 e. The van der Waals surface area contributed by atoms with Crippen molar-refractivity contribution in [1.82, 2.24) is 4.90 Å². The summed E-state index contributed by atoms with van der Waals surface area (Å²) in [5.74, 6) is 0. The first-order valence-corrected chi connectivity index (χ1v) is 4.59. The van der Waals surface area contributed by atoms with Gasteiger partial charge in [0.1, 0.15) is 11.9 Å². The second-order valence-electron chi connectivity index (χ2n) is 4.70. The van der Waals surface area contributed by atoms with Gasteiger partial charge in [0.05, 0.1) is 0 Å². The molecule has 0 atom stereocenters. The molecule has 0 bridgehead atoms. The summed E-state index contributed by atoms with van der Waals surface area (Å²) in [4.78, 5) is 13.1. The molecule has 1 aliphatic heterocycles. The van der Waals surface area contributed by atoms with E-state index in [0.29, 0.717) is 0 Å². The Kier molecular flexibility index (Phi) is 2.48. The number of hydrogen-bond donors (Lipinski definition) is 0. The van der Waals surface area contributed by atoms with Crippen LogP contribution in [-0.4, -0.2) is 22.3 Å². The lowest BCUT2D eigenvalue weighted by Crippen LogP contribution is -2.44. The van der Waals surface area contributed by atoms with E-state index < -0.39 is 17.4 Å². The molecule has 1 amide bonds. The molecule has 1 rings (SSSR count). The molecule has 0 saturated carbocycles. The molecule has 1 aliphatic rings. The third-order valence-electron chi connectivity index (χ3n) is 1.74. The van der Waals surface area contributed by atoms with Crippen molar-refractivity contribution >= 4 is 6.09 Å². The van der Waals surface area contributed by atoms with E-state index in [2.05, 4.69) is 0 Å². The van der Waals surface area contributed by atoms with E-state index in [9.17, 15) is 4.79 Å².